The van der Waals surface area contributed by atoms with E-state index in [1.165, 1.54) is 0 Å². The van der Waals surface area contributed by atoms with Crippen molar-refractivity contribution in [3.63, 3.8) is 0 Å². The lowest BCUT2D eigenvalue weighted by molar-refractivity contribution is -0.189. The average Bonchev–Trinajstić information content (AvgIpc) is 2.99. The number of hydrogen-bond donors (Lipinski definition) is 0. The molecule has 0 aliphatic carbocycles. The van der Waals surface area contributed by atoms with E-state index in [2.05, 4.69) is 23.4 Å². The minimum Gasteiger partial charge on any atom is -0.381 e. The Morgan fingerprint density at radius 3 is 2.85 bits per heavy atom. The minimum absolute atomic E-state index is 0.0518. The third-order valence-corrected chi connectivity index (χ3v) is 5.51. The zero-order valence-corrected chi connectivity index (χ0v) is 15.6. The second-order valence-electron chi connectivity index (χ2n) is 7.45. The molecule has 6 heteroatoms. The predicted octanol–water partition coefficient (Wildman–Crippen LogP) is 2.40. The first kappa shape index (κ1) is 17.5. The van der Waals surface area contributed by atoms with E-state index in [0.717, 1.165) is 36.1 Å². The number of carbonyl (C=O) groups excluding carboxylic acids is 1. The number of amides is 1. The van der Waals surface area contributed by atoms with Gasteiger partial charge in [-0.3, -0.25) is 4.79 Å². The molecule has 3 heterocycles. The van der Waals surface area contributed by atoms with Crippen LogP contribution in [0.2, 0.25) is 0 Å². The lowest BCUT2D eigenvalue weighted by atomic mass is 9.91. The van der Waals surface area contributed by atoms with Gasteiger partial charge in [0.2, 0.25) is 5.91 Å². The van der Waals surface area contributed by atoms with Gasteiger partial charge in [0, 0.05) is 39.0 Å². The Bertz CT molecular complexity index is 795. The van der Waals surface area contributed by atoms with Crippen LogP contribution in [0.15, 0.2) is 24.3 Å². The van der Waals surface area contributed by atoms with Crippen molar-refractivity contribution < 1.29 is 14.3 Å². The summed E-state index contributed by atoms with van der Waals surface area (Å²) in [4.78, 5) is 19.8. The van der Waals surface area contributed by atoms with Crippen LogP contribution in [0.5, 0.6) is 0 Å². The number of aryl methyl sites for hydroxylation is 1. The minimum atomic E-state index is -0.240. The molecule has 6 nitrogen and oxygen atoms in total. The van der Waals surface area contributed by atoms with Gasteiger partial charge >= 0.3 is 0 Å². The summed E-state index contributed by atoms with van der Waals surface area (Å²) in [5.41, 5.74) is 1.74. The maximum absolute atomic E-state index is 13.1. The summed E-state index contributed by atoms with van der Waals surface area (Å²) < 4.78 is 13.8. The number of fused-ring (bicyclic) bond motifs is 1. The monoisotopic (exact) mass is 357 g/mol. The van der Waals surface area contributed by atoms with E-state index < -0.39 is 0 Å². The number of imidazole rings is 1. The number of ether oxygens (including phenoxy) is 2. The Kier molecular flexibility index (Phi) is 4.71. The smallest absolute Gasteiger partial charge is 0.242 e. The molecule has 4 rings (SSSR count). The Balaban J connectivity index is 1.56. The molecule has 2 saturated heterocycles. The molecule has 1 aromatic heterocycles. The standard InChI is InChI=1S/C20H27N3O3/c1-3-18-21-16-6-4-5-7-17(16)23(18)13-19(24)22-12-15(2)26-20(14-22)8-10-25-11-9-20/h4-7,15H,3,8-14H2,1-2H3. The normalized spacial score (nSPS) is 22.8. The van der Waals surface area contributed by atoms with Crippen molar-refractivity contribution >= 4 is 16.9 Å². The number of aromatic nitrogens is 2. The maximum Gasteiger partial charge on any atom is 0.242 e. The highest BCUT2D eigenvalue weighted by Crippen LogP contribution is 2.31. The third kappa shape index (κ3) is 3.23. The molecule has 0 N–H and O–H groups in total. The van der Waals surface area contributed by atoms with E-state index in [0.29, 0.717) is 32.8 Å². The van der Waals surface area contributed by atoms with Gasteiger partial charge in [-0.2, -0.15) is 0 Å². The van der Waals surface area contributed by atoms with Gasteiger partial charge in [0.05, 0.1) is 29.3 Å². The predicted molar refractivity (Wildman–Crippen MR) is 99.0 cm³/mol. The molecule has 2 aliphatic rings. The fraction of sp³-hybridized carbons (Fsp3) is 0.600. The SMILES string of the molecule is CCc1nc2ccccc2n1CC(=O)N1CC(C)OC2(CCOCC2)C1. The molecular formula is C20H27N3O3. The van der Waals surface area contributed by atoms with Gasteiger partial charge in [-0.1, -0.05) is 19.1 Å². The number of nitrogens with zero attached hydrogens (tertiary/aromatic N) is 3. The van der Waals surface area contributed by atoms with Crippen LogP contribution in [0, 0.1) is 0 Å². The summed E-state index contributed by atoms with van der Waals surface area (Å²) in [6, 6.07) is 8.03. The zero-order chi connectivity index (χ0) is 18.1. The highest BCUT2D eigenvalue weighted by Gasteiger charge is 2.42. The highest BCUT2D eigenvalue weighted by molar-refractivity contribution is 5.81. The fourth-order valence-corrected chi connectivity index (χ4v) is 4.24. The molecule has 2 fully saturated rings. The molecular weight excluding hydrogens is 330 g/mol. The molecule has 0 saturated carbocycles. The van der Waals surface area contributed by atoms with Crippen molar-refractivity contribution in [1.82, 2.24) is 14.5 Å². The summed E-state index contributed by atoms with van der Waals surface area (Å²) in [6.07, 6.45) is 2.57. The van der Waals surface area contributed by atoms with Crippen LogP contribution in [0.3, 0.4) is 0 Å². The molecule has 140 valence electrons. The Morgan fingerprint density at radius 1 is 1.31 bits per heavy atom. The number of para-hydroxylation sites is 2. The van der Waals surface area contributed by atoms with Crippen LogP contribution in [-0.2, 0) is 27.2 Å². The van der Waals surface area contributed by atoms with Gasteiger partial charge in [-0.25, -0.2) is 4.98 Å². The van der Waals surface area contributed by atoms with Gasteiger partial charge < -0.3 is 18.9 Å². The summed E-state index contributed by atoms with van der Waals surface area (Å²) >= 11 is 0. The van der Waals surface area contributed by atoms with Crippen LogP contribution in [-0.4, -0.2) is 58.4 Å². The van der Waals surface area contributed by atoms with Gasteiger partial charge in [0.1, 0.15) is 12.4 Å². The number of carbonyl (C=O) groups is 1. The highest BCUT2D eigenvalue weighted by atomic mass is 16.5. The van der Waals surface area contributed by atoms with Crippen LogP contribution >= 0.6 is 0 Å². The molecule has 1 aromatic carbocycles. The van der Waals surface area contributed by atoms with E-state index in [1.807, 2.05) is 29.2 Å². The van der Waals surface area contributed by atoms with Gasteiger partial charge in [0.25, 0.3) is 0 Å². The fourth-order valence-electron chi connectivity index (χ4n) is 4.24. The van der Waals surface area contributed by atoms with E-state index >= 15 is 0 Å². The molecule has 26 heavy (non-hydrogen) atoms. The van der Waals surface area contributed by atoms with E-state index in [4.69, 9.17) is 9.47 Å². The van der Waals surface area contributed by atoms with Gasteiger partial charge in [-0.05, 0) is 19.1 Å². The van der Waals surface area contributed by atoms with Crippen LogP contribution in [0.25, 0.3) is 11.0 Å². The van der Waals surface area contributed by atoms with Crippen LogP contribution in [0.4, 0.5) is 0 Å². The first-order valence-electron chi connectivity index (χ1n) is 9.58. The molecule has 2 aliphatic heterocycles. The summed E-state index contributed by atoms with van der Waals surface area (Å²) in [6.45, 7) is 7.20. The molecule has 2 aromatic rings. The van der Waals surface area contributed by atoms with E-state index in [1.54, 1.807) is 0 Å². The van der Waals surface area contributed by atoms with Crippen molar-refractivity contribution in [1.29, 1.82) is 0 Å². The van der Waals surface area contributed by atoms with E-state index in [9.17, 15) is 4.79 Å². The Hall–Kier alpha value is -1.92. The van der Waals surface area contributed by atoms with Crippen molar-refractivity contribution in [2.45, 2.75) is 51.4 Å². The first-order valence-corrected chi connectivity index (χ1v) is 9.58. The molecule has 0 bridgehead atoms. The molecule has 1 amide bonds. The number of benzene rings is 1. The largest absolute Gasteiger partial charge is 0.381 e. The number of rotatable bonds is 3. The quantitative estimate of drug-likeness (QED) is 0.846. The van der Waals surface area contributed by atoms with Crippen molar-refractivity contribution in [3.8, 4) is 0 Å². The molecule has 1 unspecified atom stereocenters. The van der Waals surface area contributed by atoms with Crippen LogP contribution in [0.1, 0.15) is 32.5 Å². The molecule has 1 spiro atoms. The average molecular weight is 357 g/mol. The zero-order valence-electron chi connectivity index (χ0n) is 15.6. The summed E-state index contributed by atoms with van der Waals surface area (Å²) in [7, 11) is 0. The van der Waals surface area contributed by atoms with Gasteiger partial charge in [-0.15, -0.1) is 0 Å². The second kappa shape index (κ2) is 7.00. The lowest BCUT2D eigenvalue weighted by Crippen LogP contribution is -2.58. The summed E-state index contributed by atoms with van der Waals surface area (Å²) in [5.74, 6) is 1.10. The van der Waals surface area contributed by atoms with Crippen molar-refractivity contribution in [2.75, 3.05) is 26.3 Å². The van der Waals surface area contributed by atoms with Gasteiger partial charge in [0.15, 0.2) is 0 Å². The lowest BCUT2D eigenvalue weighted by Gasteiger charge is -2.47. The topological polar surface area (TPSA) is 56.6 Å². The molecule has 1 atom stereocenters. The Morgan fingerprint density at radius 2 is 2.08 bits per heavy atom. The van der Waals surface area contributed by atoms with E-state index in [-0.39, 0.29) is 17.6 Å². The van der Waals surface area contributed by atoms with Crippen molar-refractivity contribution in [2.24, 2.45) is 0 Å². The third-order valence-electron chi connectivity index (χ3n) is 5.51. The van der Waals surface area contributed by atoms with Crippen molar-refractivity contribution in [3.05, 3.63) is 30.1 Å². The maximum atomic E-state index is 13.1. The first-order chi connectivity index (χ1) is 12.6. The Labute approximate surface area is 154 Å². The second-order valence-corrected chi connectivity index (χ2v) is 7.45. The number of hydrogen-bond acceptors (Lipinski definition) is 4. The molecule has 0 radical (unpaired) electrons. The number of morpholine rings is 1. The summed E-state index contributed by atoms with van der Waals surface area (Å²) in [5, 5.41) is 0. The van der Waals surface area contributed by atoms with Crippen LogP contribution < -0.4 is 0 Å².